The molecule has 1 fully saturated rings. The monoisotopic (exact) mass is 405 g/mol. The number of esters is 1. The lowest BCUT2D eigenvalue weighted by Gasteiger charge is -2.29. The summed E-state index contributed by atoms with van der Waals surface area (Å²) in [7, 11) is -2.52. The highest BCUT2D eigenvalue weighted by Gasteiger charge is 2.28. The minimum atomic E-state index is -3.76. The predicted molar refractivity (Wildman–Crippen MR) is 103 cm³/mol. The average Bonchev–Trinajstić information content (AvgIpc) is 2.68. The van der Waals surface area contributed by atoms with Crippen LogP contribution in [-0.4, -0.2) is 37.8 Å². The summed E-state index contributed by atoms with van der Waals surface area (Å²) in [5, 5.41) is 19.4. The Balaban J connectivity index is 1.66. The van der Waals surface area contributed by atoms with E-state index in [4.69, 9.17) is 0 Å². The molecule has 0 atom stereocenters. The first-order valence-corrected chi connectivity index (χ1v) is 10.5. The van der Waals surface area contributed by atoms with Crippen LogP contribution in [0.2, 0.25) is 0 Å². The lowest BCUT2D eigenvalue weighted by molar-refractivity contribution is 0.0600. The Morgan fingerprint density at radius 2 is 1.79 bits per heavy atom. The topological polar surface area (TPSA) is 113 Å². The second-order valence-electron chi connectivity index (χ2n) is 6.93. The third kappa shape index (κ3) is 4.45. The molecule has 0 spiro atoms. The van der Waals surface area contributed by atoms with Gasteiger partial charge in [-0.2, -0.15) is 0 Å². The molecule has 3 N–H and O–H groups in total. The summed E-state index contributed by atoms with van der Waals surface area (Å²) in [6.45, 7) is 0. The third-order valence-electron chi connectivity index (χ3n) is 5.07. The van der Waals surface area contributed by atoms with Crippen LogP contribution in [0.5, 0.6) is 11.5 Å². The Kier molecular flexibility index (Phi) is 5.90. The van der Waals surface area contributed by atoms with Crippen LogP contribution < -0.4 is 4.72 Å². The van der Waals surface area contributed by atoms with Gasteiger partial charge in [-0.25, -0.2) is 17.9 Å². The van der Waals surface area contributed by atoms with Crippen molar-refractivity contribution in [1.82, 2.24) is 4.72 Å². The van der Waals surface area contributed by atoms with Gasteiger partial charge >= 0.3 is 5.97 Å². The van der Waals surface area contributed by atoms with Crippen LogP contribution in [0.25, 0.3) is 0 Å². The molecular weight excluding hydrogens is 382 g/mol. The molecule has 8 heteroatoms. The fourth-order valence-corrected chi connectivity index (χ4v) is 4.95. The number of phenolic OH excluding ortho intramolecular Hbond substituents is 2. The van der Waals surface area contributed by atoms with E-state index in [9.17, 15) is 23.4 Å². The Morgan fingerprint density at radius 3 is 2.43 bits per heavy atom. The molecule has 0 unspecified atom stereocenters. The normalized spacial score (nSPS) is 19.9. The molecule has 0 saturated heterocycles. The van der Waals surface area contributed by atoms with Gasteiger partial charge in [-0.1, -0.05) is 12.1 Å². The summed E-state index contributed by atoms with van der Waals surface area (Å²) >= 11 is 0. The van der Waals surface area contributed by atoms with Crippen molar-refractivity contribution in [3.8, 4) is 11.5 Å². The van der Waals surface area contributed by atoms with Crippen LogP contribution in [-0.2, 0) is 14.8 Å². The SMILES string of the molecule is COC(=O)c1cccc(S(=O)(=O)N[C@H]2CC[C@H](c3ccc(O)cc3O)CC2)c1. The number of sulfonamides is 1. The number of methoxy groups -OCH3 is 1. The highest BCUT2D eigenvalue weighted by Crippen LogP contribution is 2.38. The van der Waals surface area contributed by atoms with E-state index in [0.717, 1.165) is 5.56 Å². The number of benzene rings is 2. The van der Waals surface area contributed by atoms with Crippen LogP contribution in [0, 0.1) is 0 Å². The second-order valence-corrected chi connectivity index (χ2v) is 8.65. The van der Waals surface area contributed by atoms with Gasteiger partial charge in [0.1, 0.15) is 11.5 Å². The van der Waals surface area contributed by atoms with Crippen molar-refractivity contribution in [2.45, 2.75) is 42.5 Å². The van der Waals surface area contributed by atoms with Gasteiger partial charge in [-0.3, -0.25) is 0 Å². The molecule has 1 aliphatic rings. The summed E-state index contributed by atoms with van der Waals surface area (Å²) in [6, 6.07) is 10.1. The molecule has 150 valence electrons. The van der Waals surface area contributed by atoms with Crippen molar-refractivity contribution in [1.29, 1.82) is 0 Å². The van der Waals surface area contributed by atoms with E-state index in [1.54, 1.807) is 6.07 Å². The zero-order valence-electron chi connectivity index (χ0n) is 15.5. The number of hydrogen-bond acceptors (Lipinski definition) is 6. The minimum Gasteiger partial charge on any atom is -0.508 e. The number of rotatable bonds is 5. The van der Waals surface area contributed by atoms with E-state index in [1.807, 2.05) is 0 Å². The number of aromatic hydroxyl groups is 2. The van der Waals surface area contributed by atoms with Crippen LogP contribution in [0.15, 0.2) is 47.4 Å². The van der Waals surface area contributed by atoms with Crippen molar-refractivity contribution in [3.05, 3.63) is 53.6 Å². The molecular formula is C20H23NO6S. The Bertz CT molecular complexity index is 964. The summed E-state index contributed by atoms with van der Waals surface area (Å²) in [6.07, 6.45) is 2.68. The van der Waals surface area contributed by atoms with Gasteiger partial charge in [-0.15, -0.1) is 0 Å². The molecule has 0 aromatic heterocycles. The van der Waals surface area contributed by atoms with Crippen molar-refractivity contribution in [3.63, 3.8) is 0 Å². The van der Waals surface area contributed by atoms with Crippen LogP contribution >= 0.6 is 0 Å². The Hall–Kier alpha value is -2.58. The highest BCUT2D eigenvalue weighted by molar-refractivity contribution is 7.89. The molecule has 28 heavy (non-hydrogen) atoms. The van der Waals surface area contributed by atoms with E-state index >= 15 is 0 Å². The maximum Gasteiger partial charge on any atom is 0.337 e. The lowest BCUT2D eigenvalue weighted by Crippen LogP contribution is -2.37. The summed E-state index contributed by atoms with van der Waals surface area (Å²) in [5.74, 6) is -0.407. The molecule has 0 radical (unpaired) electrons. The third-order valence-corrected chi connectivity index (χ3v) is 6.59. The van der Waals surface area contributed by atoms with E-state index in [-0.39, 0.29) is 33.9 Å². The van der Waals surface area contributed by atoms with Crippen molar-refractivity contribution < 1.29 is 28.2 Å². The maximum atomic E-state index is 12.7. The highest BCUT2D eigenvalue weighted by atomic mass is 32.2. The molecule has 2 aromatic carbocycles. The van der Waals surface area contributed by atoms with Gasteiger partial charge in [0.2, 0.25) is 10.0 Å². The van der Waals surface area contributed by atoms with Crippen LogP contribution in [0.4, 0.5) is 0 Å². The van der Waals surface area contributed by atoms with Gasteiger partial charge in [-0.05, 0) is 61.4 Å². The van der Waals surface area contributed by atoms with Crippen molar-refractivity contribution >= 4 is 16.0 Å². The first-order chi connectivity index (χ1) is 13.3. The zero-order valence-corrected chi connectivity index (χ0v) is 16.3. The van der Waals surface area contributed by atoms with Crippen LogP contribution in [0.3, 0.4) is 0 Å². The zero-order chi connectivity index (χ0) is 20.3. The standard InChI is InChI=1S/C20H23NO6S/c1-27-20(24)14-3-2-4-17(11-14)28(25,26)21-15-7-5-13(6-8-15)18-10-9-16(22)12-19(18)23/h2-4,9-13,15,21-23H,5-8H2,1H3/t13-,15-. The van der Waals surface area contributed by atoms with Gasteiger partial charge in [0, 0.05) is 12.1 Å². The smallest absolute Gasteiger partial charge is 0.337 e. The molecule has 3 rings (SSSR count). The molecule has 0 aliphatic heterocycles. The molecule has 1 aliphatic carbocycles. The lowest BCUT2D eigenvalue weighted by atomic mass is 9.81. The number of phenols is 2. The van der Waals surface area contributed by atoms with Gasteiger partial charge < -0.3 is 14.9 Å². The van der Waals surface area contributed by atoms with Gasteiger partial charge in [0.05, 0.1) is 17.6 Å². The second kappa shape index (κ2) is 8.20. The number of carbonyl (C=O) groups is 1. The molecule has 7 nitrogen and oxygen atoms in total. The van der Waals surface area contributed by atoms with E-state index < -0.39 is 16.0 Å². The molecule has 0 bridgehead atoms. The fraction of sp³-hybridized carbons (Fsp3) is 0.350. The molecule has 0 amide bonds. The molecule has 1 saturated carbocycles. The minimum absolute atomic E-state index is 0.0110. The number of ether oxygens (including phenoxy) is 1. The Labute approximate surface area is 164 Å². The van der Waals surface area contributed by atoms with E-state index in [0.29, 0.717) is 25.7 Å². The quantitative estimate of drug-likeness (QED) is 0.659. The number of carbonyl (C=O) groups excluding carboxylic acids is 1. The maximum absolute atomic E-state index is 12.7. The fourth-order valence-electron chi connectivity index (χ4n) is 3.60. The van der Waals surface area contributed by atoms with E-state index in [2.05, 4.69) is 9.46 Å². The first kappa shape index (κ1) is 20.2. The molecule has 2 aromatic rings. The number of nitrogens with one attached hydrogen (secondary N) is 1. The van der Waals surface area contributed by atoms with Crippen LogP contribution in [0.1, 0.15) is 47.5 Å². The first-order valence-electron chi connectivity index (χ1n) is 9.03. The Morgan fingerprint density at radius 1 is 1.07 bits per heavy atom. The summed E-state index contributed by atoms with van der Waals surface area (Å²) in [5.41, 5.74) is 0.946. The van der Waals surface area contributed by atoms with E-state index in [1.165, 1.54) is 43.5 Å². The van der Waals surface area contributed by atoms with Gasteiger partial charge in [0.25, 0.3) is 0 Å². The molecule has 0 heterocycles. The van der Waals surface area contributed by atoms with Crippen molar-refractivity contribution in [2.75, 3.05) is 7.11 Å². The van der Waals surface area contributed by atoms with Gasteiger partial charge in [0.15, 0.2) is 0 Å². The average molecular weight is 405 g/mol. The van der Waals surface area contributed by atoms with Crippen molar-refractivity contribution in [2.24, 2.45) is 0 Å². The predicted octanol–water partition coefficient (Wildman–Crippen LogP) is 2.89. The summed E-state index contributed by atoms with van der Waals surface area (Å²) in [4.78, 5) is 11.7. The summed E-state index contributed by atoms with van der Waals surface area (Å²) < 4.78 is 32.7. The number of hydrogen-bond donors (Lipinski definition) is 3. The largest absolute Gasteiger partial charge is 0.508 e.